The SMILES string of the molecule is CCCOC1(C)CCC(C2CCC(c3ccc(OCC)c(F)c3F)CC2)CC1. The summed E-state index contributed by atoms with van der Waals surface area (Å²) in [5.74, 6) is 0.0934. The minimum Gasteiger partial charge on any atom is -0.491 e. The van der Waals surface area contributed by atoms with Gasteiger partial charge in [-0.2, -0.15) is 4.39 Å². The summed E-state index contributed by atoms with van der Waals surface area (Å²) < 4.78 is 40.0. The summed E-state index contributed by atoms with van der Waals surface area (Å²) in [6.45, 7) is 7.39. The van der Waals surface area contributed by atoms with E-state index in [9.17, 15) is 8.78 Å². The molecule has 3 rings (SSSR count). The molecule has 158 valence electrons. The number of rotatable bonds is 7. The van der Waals surface area contributed by atoms with Crippen LogP contribution in [0.25, 0.3) is 0 Å². The monoisotopic (exact) mass is 394 g/mol. The summed E-state index contributed by atoms with van der Waals surface area (Å²) in [5, 5.41) is 0. The van der Waals surface area contributed by atoms with E-state index in [0.717, 1.165) is 63.4 Å². The molecular formula is C24H36F2O2. The first-order valence-corrected chi connectivity index (χ1v) is 11.2. The summed E-state index contributed by atoms with van der Waals surface area (Å²) >= 11 is 0. The fourth-order valence-electron chi connectivity index (χ4n) is 5.25. The van der Waals surface area contributed by atoms with Crippen molar-refractivity contribution < 1.29 is 18.3 Å². The number of hydrogen-bond donors (Lipinski definition) is 0. The molecular weight excluding hydrogens is 358 g/mol. The van der Waals surface area contributed by atoms with E-state index < -0.39 is 11.6 Å². The highest BCUT2D eigenvalue weighted by Gasteiger charge is 2.36. The number of ether oxygens (including phenoxy) is 2. The van der Waals surface area contributed by atoms with Crippen molar-refractivity contribution >= 4 is 0 Å². The van der Waals surface area contributed by atoms with E-state index in [1.807, 2.05) is 0 Å². The first-order chi connectivity index (χ1) is 13.5. The van der Waals surface area contributed by atoms with E-state index in [1.165, 1.54) is 12.8 Å². The van der Waals surface area contributed by atoms with Gasteiger partial charge in [0.2, 0.25) is 5.82 Å². The maximum Gasteiger partial charge on any atom is 0.200 e. The molecule has 0 amide bonds. The molecule has 0 saturated heterocycles. The van der Waals surface area contributed by atoms with Crippen molar-refractivity contribution in [3.8, 4) is 5.75 Å². The number of halogens is 2. The molecule has 4 heteroatoms. The average Bonchev–Trinajstić information content (AvgIpc) is 2.71. The van der Waals surface area contributed by atoms with Crippen LogP contribution in [0.1, 0.15) is 90.0 Å². The standard InChI is InChI=1S/C24H36F2O2/c1-4-16-28-24(3)14-12-18(13-15-24)17-6-8-19(9-7-17)20-10-11-21(27-5-2)23(26)22(20)25/h10-11,17-19H,4-9,12-16H2,1-3H3. The van der Waals surface area contributed by atoms with E-state index in [0.29, 0.717) is 12.2 Å². The van der Waals surface area contributed by atoms with Gasteiger partial charge in [0.1, 0.15) is 0 Å². The molecule has 0 radical (unpaired) electrons. The fraction of sp³-hybridized carbons (Fsp3) is 0.750. The zero-order valence-electron chi connectivity index (χ0n) is 17.7. The second-order valence-electron chi connectivity index (χ2n) is 8.96. The minimum absolute atomic E-state index is 0.0213. The molecule has 2 aliphatic rings. The Balaban J connectivity index is 1.53. The van der Waals surface area contributed by atoms with Gasteiger partial charge in [-0.15, -0.1) is 0 Å². The molecule has 0 heterocycles. The highest BCUT2D eigenvalue weighted by Crippen LogP contribution is 2.46. The summed E-state index contributed by atoms with van der Waals surface area (Å²) in [4.78, 5) is 0. The lowest BCUT2D eigenvalue weighted by Gasteiger charge is -2.42. The van der Waals surface area contributed by atoms with Crippen LogP contribution >= 0.6 is 0 Å². The van der Waals surface area contributed by atoms with Crippen LogP contribution in [-0.2, 0) is 4.74 Å². The van der Waals surface area contributed by atoms with Crippen molar-refractivity contribution in [3.05, 3.63) is 29.3 Å². The zero-order valence-corrected chi connectivity index (χ0v) is 17.7. The fourth-order valence-corrected chi connectivity index (χ4v) is 5.25. The van der Waals surface area contributed by atoms with Crippen molar-refractivity contribution in [1.82, 2.24) is 0 Å². The van der Waals surface area contributed by atoms with E-state index in [4.69, 9.17) is 9.47 Å². The Kier molecular flexibility index (Phi) is 7.36. The molecule has 0 unspecified atom stereocenters. The molecule has 0 aliphatic heterocycles. The molecule has 28 heavy (non-hydrogen) atoms. The largest absolute Gasteiger partial charge is 0.491 e. The molecule has 1 aromatic carbocycles. The summed E-state index contributed by atoms with van der Waals surface area (Å²) in [6, 6.07) is 3.31. The molecule has 2 saturated carbocycles. The molecule has 0 bridgehead atoms. The Labute approximate surface area is 169 Å². The van der Waals surface area contributed by atoms with Crippen LogP contribution in [0.4, 0.5) is 8.78 Å². The van der Waals surface area contributed by atoms with Gasteiger partial charge in [0.15, 0.2) is 11.6 Å². The first kappa shape index (κ1) is 21.5. The summed E-state index contributed by atoms with van der Waals surface area (Å²) in [7, 11) is 0. The van der Waals surface area contributed by atoms with Crippen LogP contribution in [-0.4, -0.2) is 18.8 Å². The van der Waals surface area contributed by atoms with Gasteiger partial charge in [0, 0.05) is 6.61 Å². The molecule has 0 N–H and O–H groups in total. The summed E-state index contributed by atoms with van der Waals surface area (Å²) in [5.41, 5.74) is 0.593. The lowest BCUT2D eigenvalue weighted by Crippen LogP contribution is -2.36. The van der Waals surface area contributed by atoms with E-state index >= 15 is 0 Å². The molecule has 0 aromatic heterocycles. The molecule has 2 aliphatic carbocycles. The van der Waals surface area contributed by atoms with Gasteiger partial charge in [-0.3, -0.25) is 0 Å². The topological polar surface area (TPSA) is 18.5 Å². The van der Waals surface area contributed by atoms with Crippen LogP contribution in [0.3, 0.4) is 0 Å². The van der Waals surface area contributed by atoms with Gasteiger partial charge >= 0.3 is 0 Å². The molecule has 2 fully saturated rings. The van der Waals surface area contributed by atoms with Gasteiger partial charge < -0.3 is 9.47 Å². The quantitative estimate of drug-likeness (QED) is 0.495. The lowest BCUT2D eigenvalue weighted by molar-refractivity contribution is -0.0702. The van der Waals surface area contributed by atoms with Crippen LogP contribution in [0.5, 0.6) is 5.75 Å². The normalized spacial score (nSPS) is 31.0. The highest BCUT2D eigenvalue weighted by atomic mass is 19.2. The Hall–Kier alpha value is -1.16. The van der Waals surface area contributed by atoms with Crippen molar-refractivity contribution in [2.24, 2.45) is 11.8 Å². The molecule has 0 spiro atoms. The van der Waals surface area contributed by atoms with Gasteiger partial charge in [-0.25, -0.2) is 4.39 Å². The number of hydrogen-bond acceptors (Lipinski definition) is 2. The Morgan fingerprint density at radius 3 is 2.18 bits per heavy atom. The predicted molar refractivity (Wildman–Crippen MR) is 109 cm³/mol. The highest BCUT2D eigenvalue weighted by molar-refractivity contribution is 5.33. The third kappa shape index (κ3) is 4.87. The van der Waals surface area contributed by atoms with Gasteiger partial charge in [-0.1, -0.05) is 13.0 Å². The Morgan fingerprint density at radius 1 is 0.929 bits per heavy atom. The van der Waals surface area contributed by atoms with Gasteiger partial charge in [-0.05, 0) is 101 Å². The third-order valence-corrected chi connectivity index (χ3v) is 7.00. The van der Waals surface area contributed by atoms with Crippen molar-refractivity contribution in [2.45, 2.75) is 90.1 Å². The van der Waals surface area contributed by atoms with E-state index in [-0.39, 0.29) is 17.3 Å². The third-order valence-electron chi connectivity index (χ3n) is 7.00. The second kappa shape index (κ2) is 9.56. The maximum atomic E-state index is 14.5. The van der Waals surface area contributed by atoms with Crippen molar-refractivity contribution in [3.63, 3.8) is 0 Å². The maximum absolute atomic E-state index is 14.5. The van der Waals surface area contributed by atoms with Crippen LogP contribution < -0.4 is 4.74 Å². The predicted octanol–water partition coefficient (Wildman–Crippen LogP) is 7.01. The first-order valence-electron chi connectivity index (χ1n) is 11.2. The van der Waals surface area contributed by atoms with Gasteiger partial charge in [0.25, 0.3) is 0 Å². The van der Waals surface area contributed by atoms with Crippen LogP contribution in [0.15, 0.2) is 12.1 Å². The van der Waals surface area contributed by atoms with Crippen LogP contribution in [0.2, 0.25) is 0 Å². The molecule has 2 nitrogen and oxygen atoms in total. The molecule has 0 atom stereocenters. The van der Waals surface area contributed by atoms with E-state index in [1.54, 1.807) is 19.1 Å². The summed E-state index contributed by atoms with van der Waals surface area (Å²) in [6.07, 6.45) is 10.00. The minimum atomic E-state index is -0.833. The van der Waals surface area contributed by atoms with Gasteiger partial charge in [0.05, 0.1) is 12.2 Å². The smallest absolute Gasteiger partial charge is 0.200 e. The van der Waals surface area contributed by atoms with E-state index in [2.05, 4.69) is 13.8 Å². The number of benzene rings is 1. The van der Waals surface area contributed by atoms with Crippen molar-refractivity contribution in [2.75, 3.05) is 13.2 Å². The second-order valence-corrected chi connectivity index (χ2v) is 8.96. The lowest BCUT2D eigenvalue weighted by atomic mass is 9.67. The Morgan fingerprint density at radius 2 is 1.57 bits per heavy atom. The Bertz CT molecular complexity index is 630. The zero-order chi connectivity index (χ0) is 20.1. The average molecular weight is 395 g/mol. The molecule has 1 aromatic rings. The van der Waals surface area contributed by atoms with Crippen molar-refractivity contribution in [1.29, 1.82) is 0 Å². The van der Waals surface area contributed by atoms with Crippen LogP contribution in [0, 0.1) is 23.5 Å².